The van der Waals surface area contributed by atoms with Gasteiger partial charge in [-0.2, -0.15) is 0 Å². The molecule has 2 atom stereocenters. The van der Waals surface area contributed by atoms with Gasteiger partial charge in [-0.3, -0.25) is 0 Å². The third-order valence-electron chi connectivity index (χ3n) is 1.88. The SMILES string of the molecule is C=C1CC(O)CCC(O)C1. The first-order chi connectivity index (χ1) is 4.68. The highest BCUT2D eigenvalue weighted by Crippen LogP contribution is 2.21. The van der Waals surface area contributed by atoms with Crippen molar-refractivity contribution in [2.24, 2.45) is 0 Å². The lowest BCUT2D eigenvalue weighted by molar-refractivity contribution is 0.133. The van der Waals surface area contributed by atoms with E-state index in [1.54, 1.807) is 0 Å². The van der Waals surface area contributed by atoms with E-state index >= 15 is 0 Å². The number of aliphatic hydroxyl groups excluding tert-OH is 2. The van der Waals surface area contributed by atoms with Crippen LogP contribution < -0.4 is 0 Å². The molecule has 58 valence electrons. The van der Waals surface area contributed by atoms with E-state index in [1.807, 2.05) is 0 Å². The third-order valence-corrected chi connectivity index (χ3v) is 1.88. The monoisotopic (exact) mass is 142 g/mol. The normalized spacial score (nSPS) is 35.6. The van der Waals surface area contributed by atoms with Gasteiger partial charge in [-0.25, -0.2) is 0 Å². The Balaban J connectivity index is 2.46. The molecule has 0 spiro atoms. The lowest BCUT2D eigenvalue weighted by atomic mass is 10.1. The molecule has 0 aromatic rings. The van der Waals surface area contributed by atoms with E-state index in [4.69, 9.17) is 0 Å². The highest BCUT2D eigenvalue weighted by molar-refractivity contribution is 5.00. The second kappa shape index (κ2) is 3.17. The minimum absolute atomic E-state index is 0.273. The van der Waals surface area contributed by atoms with Gasteiger partial charge >= 0.3 is 0 Å². The third kappa shape index (κ3) is 2.12. The van der Waals surface area contributed by atoms with Crippen LogP contribution in [0.15, 0.2) is 12.2 Å². The van der Waals surface area contributed by atoms with Crippen LogP contribution in [0.3, 0.4) is 0 Å². The van der Waals surface area contributed by atoms with E-state index in [1.165, 1.54) is 0 Å². The molecule has 0 aliphatic heterocycles. The van der Waals surface area contributed by atoms with Gasteiger partial charge < -0.3 is 10.2 Å². The minimum atomic E-state index is -0.273. The Kier molecular flexibility index (Phi) is 2.46. The molecule has 2 N–H and O–H groups in total. The smallest absolute Gasteiger partial charge is 0.0578 e. The zero-order valence-electron chi connectivity index (χ0n) is 6.08. The van der Waals surface area contributed by atoms with E-state index in [0.29, 0.717) is 25.7 Å². The summed E-state index contributed by atoms with van der Waals surface area (Å²) in [5.41, 5.74) is 0.970. The summed E-state index contributed by atoms with van der Waals surface area (Å²) in [6.45, 7) is 3.76. The molecule has 0 amide bonds. The van der Waals surface area contributed by atoms with Gasteiger partial charge in [0.2, 0.25) is 0 Å². The highest BCUT2D eigenvalue weighted by atomic mass is 16.3. The molecular weight excluding hydrogens is 128 g/mol. The molecule has 1 saturated carbocycles. The van der Waals surface area contributed by atoms with Crippen molar-refractivity contribution in [3.05, 3.63) is 12.2 Å². The molecular formula is C8H14O2. The van der Waals surface area contributed by atoms with E-state index in [-0.39, 0.29) is 12.2 Å². The maximum Gasteiger partial charge on any atom is 0.0578 e. The van der Waals surface area contributed by atoms with Crippen LogP contribution in [0.25, 0.3) is 0 Å². The van der Waals surface area contributed by atoms with Gasteiger partial charge in [-0.1, -0.05) is 12.2 Å². The van der Waals surface area contributed by atoms with Crippen molar-refractivity contribution in [1.82, 2.24) is 0 Å². The summed E-state index contributed by atoms with van der Waals surface area (Å²) >= 11 is 0. The Labute approximate surface area is 61.2 Å². The zero-order chi connectivity index (χ0) is 7.56. The highest BCUT2D eigenvalue weighted by Gasteiger charge is 2.16. The van der Waals surface area contributed by atoms with Crippen LogP contribution >= 0.6 is 0 Å². The summed E-state index contributed by atoms with van der Waals surface area (Å²) in [6, 6.07) is 0. The van der Waals surface area contributed by atoms with E-state index in [2.05, 4.69) is 6.58 Å². The molecule has 1 rings (SSSR count). The topological polar surface area (TPSA) is 40.5 Å². The molecule has 0 saturated heterocycles. The Morgan fingerprint density at radius 3 is 1.90 bits per heavy atom. The van der Waals surface area contributed by atoms with Crippen molar-refractivity contribution < 1.29 is 10.2 Å². The Morgan fingerprint density at radius 2 is 1.50 bits per heavy atom. The molecule has 0 radical (unpaired) electrons. The van der Waals surface area contributed by atoms with Crippen molar-refractivity contribution in [1.29, 1.82) is 0 Å². The molecule has 0 heterocycles. The van der Waals surface area contributed by atoms with Crippen molar-refractivity contribution in [2.45, 2.75) is 37.9 Å². The van der Waals surface area contributed by atoms with Crippen LogP contribution in [0.1, 0.15) is 25.7 Å². The van der Waals surface area contributed by atoms with Crippen molar-refractivity contribution in [2.75, 3.05) is 0 Å². The van der Waals surface area contributed by atoms with Crippen molar-refractivity contribution in [3.8, 4) is 0 Å². The molecule has 1 aliphatic rings. The molecule has 2 heteroatoms. The van der Waals surface area contributed by atoms with E-state index < -0.39 is 0 Å². The van der Waals surface area contributed by atoms with Crippen molar-refractivity contribution in [3.63, 3.8) is 0 Å². The van der Waals surface area contributed by atoms with Gasteiger partial charge in [0.15, 0.2) is 0 Å². The summed E-state index contributed by atoms with van der Waals surface area (Å²) in [4.78, 5) is 0. The first kappa shape index (κ1) is 7.76. The van der Waals surface area contributed by atoms with Crippen LogP contribution in [0.4, 0.5) is 0 Å². The maximum atomic E-state index is 9.21. The number of hydrogen-bond acceptors (Lipinski definition) is 2. The number of aliphatic hydroxyl groups is 2. The van der Waals surface area contributed by atoms with Crippen LogP contribution in [0, 0.1) is 0 Å². The number of hydrogen-bond donors (Lipinski definition) is 2. The second-order valence-electron chi connectivity index (χ2n) is 3.04. The van der Waals surface area contributed by atoms with Crippen molar-refractivity contribution >= 4 is 0 Å². The van der Waals surface area contributed by atoms with Crippen LogP contribution in [-0.2, 0) is 0 Å². The predicted molar refractivity (Wildman–Crippen MR) is 39.6 cm³/mol. The predicted octanol–water partition coefficient (Wildman–Crippen LogP) is 0.838. The Hall–Kier alpha value is -0.340. The zero-order valence-corrected chi connectivity index (χ0v) is 6.08. The standard InChI is InChI=1S/C8H14O2/c1-6-4-7(9)2-3-8(10)5-6/h7-10H,1-5H2. The summed E-state index contributed by atoms with van der Waals surface area (Å²) in [5, 5.41) is 18.4. The summed E-state index contributed by atoms with van der Waals surface area (Å²) in [5.74, 6) is 0. The summed E-state index contributed by atoms with van der Waals surface area (Å²) in [7, 11) is 0. The lowest BCUT2D eigenvalue weighted by Crippen LogP contribution is -2.06. The van der Waals surface area contributed by atoms with Crippen LogP contribution in [-0.4, -0.2) is 22.4 Å². The first-order valence-electron chi connectivity index (χ1n) is 3.71. The van der Waals surface area contributed by atoms with Crippen LogP contribution in [0.5, 0.6) is 0 Å². The van der Waals surface area contributed by atoms with Gasteiger partial charge in [0.1, 0.15) is 0 Å². The molecule has 10 heavy (non-hydrogen) atoms. The Morgan fingerprint density at radius 1 is 1.10 bits per heavy atom. The first-order valence-corrected chi connectivity index (χ1v) is 3.71. The van der Waals surface area contributed by atoms with Gasteiger partial charge in [0.25, 0.3) is 0 Å². The van der Waals surface area contributed by atoms with E-state index in [0.717, 1.165) is 5.57 Å². The minimum Gasteiger partial charge on any atom is -0.393 e. The number of rotatable bonds is 0. The van der Waals surface area contributed by atoms with E-state index in [9.17, 15) is 10.2 Å². The molecule has 1 fully saturated rings. The largest absolute Gasteiger partial charge is 0.393 e. The second-order valence-corrected chi connectivity index (χ2v) is 3.04. The van der Waals surface area contributed by atoms with Gasteiger partial charge in [0.05, 0.1) is 12.2 Å². The lowest BCUT2D eigenvalue weighted by Gasteiger charge is -2.04. The quantitative estimate of drug-likeness (QED) is 0.388. The fourth-order valence-corrected chi connectivity index (χ4v) is 1.34. The average Bonchev–Trinajstić information content (AvgIpc) is 1.93. The molecule has 0 aromatic heterocycles. The van der Waals surface area contributed by atoms with Gasteiger partial charge in [-0.05, 0) is 25.7 Å². The molecule has 2 unspecified atom stereocenters. The average molecular weight is 142 g/mol. The van der Waals surface area contributed by atoms with Gasteiger partial charge in [-0.15, -0.1) is 0 Å². The molecule has 2 nitrogen and oxygen atoms in total. The van der Waals surface area contributed by atoms with Crippen LogP contribution in [0.2, 0.25) is 0 Å². The maximum absolute atomic E-state index is 9.21. The van der Waals surface area contributed by atoms with Gasteiger partial charge in [0, 0.05) is 0 Å². The Bertz CT molecular complexity index is 117. The summed E-state index contributed by atoms with van der Waals surface area (Å²) < 4.78 is 0. The fourth-order valence-electron chi connectivity index (χ4n) is 1.34. The fraction of sp³-hybridized carbons (Fsp3) is 0.750. The summed E-state index contributed by atoms with van der Waals surface area (Å²) in [6.07, 6.45) is 2.20. The molecule has 0 bridgehead atoms. The molecule has 1 aliphatic carbocycles. The molecule has 0 aromatic carbocycles.